The second-order valence-electron chi connectivity index (χ2n) is 6.43. The fraction of sp³-hybridized carbons (Fsp3) is 0.812. The van der Waals surface area contributed by atoms with Crippen LogP contribution in [0.5, 0.6) is 0 Å². The molecule has 21 heavy (non-hydrogen) atoms. The standard InChI is InChI=1S/C16H31ClN4/c1-6-7-8-15-19-14(16(17)20-15)11-18-10-13(21(4)5)9-12(2)3/h12-13,18H,6-11H2,1-5H3,(H,19,20). The molecule has 0 radical (unpaired) electrons. The van der Waals surface area contributed by atoms with Crippen molar-refractivity contribution in [1.82, 2.24) is 20.2 Å². The quantitative estimate of drug-likeness (QED) is 0.695. The van der Waals surface area contributed by atoms with E-state index in [-0.39, 0.29) is 0 Å². The second kappa shape index (κ2) is 9.44. The van der Waals surface area contributed by atoms with Gasteiger partial charge in [-0.05, 0) is 32.9 Å². The summed E-state index contributed by atoms with van der Waals surface area (Å²) in [6.07, 6.45) is 4.49. The number of aryl methyl sites for hydroxylation is 1. The number of H-pyrrole nitrogens is 1. The highest BCUT2D eigenvalue weighted by Gasteiger charge is 2.14. The van der Waals surface area contributed by atoms with Gasteiger partial charge in [0.05, 0.1) is 5.69 Å². The summed E-state index contributed by atoms with van der Waals surface area (Å²) >= 11 is 6.19. The number of hydrogen-bond acceptors (Lipinski definition) is 3. The topological polar surface area (TPSA) is 44.0 Å². The van der Waals surface area contributed by atoms with Gasteiger partial charge in [-0.3, -0.25) is 0 Å². The Labute approximate surface area is 134 Å². The summed E-state index contributed by atoms with van der Waals surface area (Å²) in [6, 6.07) is 0.547. The fourth-order valence-corrected chi connectivity index (χ4v) is 2.62. The van der Waals surface area contributed by atoms with Crippen LogP contribution in [0, 0.1) is 5.92 Å². The minimum Gasteiger partial charge on any atom is -0.344 e. The summed E-state index contributed by atoms with van der Waals surface area (Å²) in [6.45, 7) is 8.43. The average molecular weight is 315 g/mol. The van der Waals surface area contributed by atoms with Gasteiger partial charge in [0.25, 0.3) is 0 Å². The van der Waals surface area contributed by atoms with E-state index in [0.29, 0.717) is 17.1 Å². The Hall–Kier alpha value is -0.580. The molecule has 1 aromatic heterocycles. The highest BCUT2D eigenvalue weighted by Crippen LogP contribution is 2.14. The molecule has 0 saturated heterocycles. The van der Waals surface area contributed by atoms with Crippen molar-refractivity contribution < 1.29 is 0 Å². The molecule has 5 heteroatoms. The molecular weight excluding hydrogens is 284 g/mol. The Morgan fingerprint density at radius 2 is 2.05 bits per heavy atom. The molecule has 0 saturated carbocycles. The molecule has 122 valence electrons. The number of hydrogen-bond donors (Lipinski definition) is 2. The van der Waals surface area contributed by atoms with Crippen molar-refractivity contribution in [3.63, 3.8) is 0 Å². The molecule has 0 aliphatic rings. The van der Waals surface area contributed by atoms with Gasteiger partial charge in [0.1, 0.15) is 5.82 Å². The van der Waals surface area contributed by atoms with Gasteiger partial charge in [0.15, 0.2) is 5.15 Å². The monoisotopic (exact) mass is 314 g/mol. The first-order valence-electron chi connectivity index (χ1n) is 8.04. The molecular formula is C16H31ClN4. The van der Waals surface area contributed by atoms with E-state index in [4.69, 9.17) is 11.6 Å². The Bertz CT molecular complexity index is 401. The summed E-state index contributed by atoms with van der Waals surface area (Å²) in [4.78, 5) is 10.0. The molecule has 0 amide bonds. The van der Waals surface area contributed by atoms with Crippen molar-refractivity contribution in [2.24, 2.45) is 5.92 Å². The van der Waals surface area contributed by atoms with Crippen LogP contribution in [-0.2, 0) is 13.0 Å². The summed E-state index contributed by atoms with van der Waals surface area (Å²) in [5, 5.41) is 4.11. The first kappa shape index (κ1) is 18.5. The zero-order valence-corrected chi connectivity index (χ0v) is 14.9. The van der Waals surface area contributed by atoms with Crippen molar-refractivity contribution in [3.05, 3.63) is 16.7 Å². The van der Waals surface area contributed by atoms with Gasteiger partial charge >= 0.3 is 0 Å². The van der Waals surface area contributed by atoms with E-state index in [9.17, 15) is 0 Å². The Morgan fingerprint density at radius 3 is 2.62 bits per heavy atom. The van der Waals surface area contributed by atoms with Crippen molar-refractivity contribution >= 4 is 11.6 Å². The second-order valence-corrected chi connectivity index (χ2v) is 6.79. The lowest BCUT2D eigenvalue weighted by Crippen LogP contribution is -2.38. The zero-order valence-electron chi connectivity index (χ0n) is 14.2. The molecule has 0 aliphatic carbocycles. The van der Waals surface area contributed by atoms with E-state index in [1.54, 1.807) is 0 Å². The molecule has 0 fully saturated rings. The van der Waals surface area contributed by atoms with Crippen LogP contribution >= 0.6 is 11.6 Å². The lowest BCUT2D eigenvalue weighted by atomic mass is 10.0. The average Bonchev–Trinajstić information content (AvgIpc) is 2.75. The highest BCUT2D eigenvalue weighted by molar-refractivity contribution is 6.30. The number of halogens is 1. The molecule has 1 unspecified atom stereocenters. The van der Waals surface area contributed by atoms with Gasteiger partial charge in [-0.25, -0.2) is 4.98 Å². The number of likely N-dealkylation sites (N-methyl/N-ethyl adjacent to an activating group) is 1. The minimum atomic E-state index is 0.547. The number of imidazole rings is 1. The van der Waals surface area contributed by atoms with Crippen LogP contribution < -0.4 is 5.32 Å². The van der Waals surface area contributed by atoms with Crippen molar-refractivity contribution in [2.45, 2.75) is 59.0 Å². The van der Waals surface area contributed by atoms with Crippen LogP contribution in [0.2, 0.25) is 5.15 Å². The highest BCUT2D eigenvalue weighted by atomic mass is 35.5. The van der Waals surface area contributed by atoms with Crippen LogP contribution in [0.15, 0.2) is 0 Å². The number of aromatic nitrogens is 2. The van der Waals surface area contributed by atoms with E-state index in [1.807, 2.05) is 0 Å². The van der Waals surface area contributed by atoms with E-state index < -0.39 is 0 Å². The molecule has 0 aliphatic heterocycles. The Kier molecular flexibility index (Phi) is 8.30. The maximum atomic E-state index is 6.19. The summed E-state index contributed by atoms with van der Waals surface area (Å²) in [7, 11) is 4.28. The van der Waals surface area contributed by atoms with Gasteiger partial charge in [-0.1, -0.05) is 38.8 Å². The molecule has 4 nitrogen and oxygen atoms in total. The Balaban J connectivity index is 2.45. The third-order valence-electron chi connectivity index (χ3n) is 3.70. The van der Waals surface area contributed by atoms with Crippen molar-refractivity contribution in [2.75, 3.05) is 20.6 Å². The molecule has 0 aromatic carbocycles. The van der Waals surface area contributed by atoms with E-state index in [1.165, 1.54) is 12.8 Å². The molecule has 2 N–H and O–H groups in total. The molecule has 1 heterocycles. The third kappa shape index (κ3) is 6.81. The van der Waals surface area contributed by atoms with Crippen LogP contribution in [-0.4, -0.2) is 41.5 Å². The molecule has 0 spiro atoms. The maximum Gasteiger partial charge on any atom is 0.151 e. The maximum absolute atomic E-state index is 6.19. The smallest absolute Gasteiger partial charge is 0.151 e. The lowest BCUT2D eigenvalue weighted by Gasteiger charge is -2.26. The number of unbranched alkanes of at least 4 members (excludes halogenated alkanes) is 1. The number of aromatic amines is 1. The number of nitrogens with zero attached hydrogens (tertiary/aromatic N) is 2. The molecule has 1 rings (SSSR count). The van der Waals surface area contributed by atoms with Crippen LogP contribution in [0.3, 0.4) is 0 Å². The number of rotatable bonds is 10. The largest absolute Gasteiger partial charge is 0.344 e. The predicted octanol–water partition coefficient (Wildman–Crippen LogP) is 3.47. The van der Waals surface area contributed by atoms with Crippen LogP contribution in [0.4, 0.5) is 0 Å². The van der Waals surface area contributed by atoms with Gasteiger partial charge in [-0.15, -0.1) is 0 Å². The van der Waals surface area contributed by atoms with E-state index in [0.717, 1.165) is 37.4 Å². The fourth-order valence-electron chi connectivity index (χ4n) is 2.40. The zero-order chi connectivity index (χ0) is 15.8. The normalized spacial score (nSPS) is 13.3. The molecule has 0 bridgehead atoms. The Morgan fingerprint density at radius 1 is 1.33 bits per heavy atom. The summed E-state index contributed by atoms with van der Waals surface area (Å²) in [5.41, 5.74) is 1.00. The van der Waals surface area contributed by atoms with Gasteiger partial charge in [0, 0.05) is 25.6 Å². The SMILES string of the molecule is CCCCc1nc(Cl)c(CNCC(CC(C)C)N(C)C)[nH]1. The first-order valence-corrected chi connectivity index (χ1v) is 8.42. The number of nitrogens with one attached hydrogen (secondary N) is 2. The van der Waals surface area contributed by atoms with Crippen LogP contribution in [0.25, 0.3) is 0 Å². The van der Waals surface area contributed by atoms with Crippen molar-refractivity contribution in [1.29, 1.82) is 0 Å². The summed E-state index contributed by atoms with van der Waals surface area (Å²) < 4.78 is 0. The molecule has 1 aromatic rings. The minimum absolute atomic E-state index is 0.547. The van der Waals surface area contributed by atoms with Crippen LogP contribution in [0.1, 0.15) is 51.6 Å². The lowest BCUT2D eigenvalue weighted by molar-refractivity contribution is 0.246. The van der Waals surface area contributed by atoms with Gasteiger partial charge in [0.2, 0.25) is 0 Å². The van der Waals surface area contributed by atoms with Crippen molar-refractivity contribution in [3.8, 4) is 0 Å². The third-order valence-corrected chi connectivity index (χ3v) is 4.01. The molecule has 1 atom stereocenters. The van der Waals surface area contributed by atoms with Gasteiger partial charge < -0.3 is 15.2 Å². The van der Waals surface area contributed by atoms with E-state index in [2.05, 4.69) is 55.1 Å². The summed E-state index contributed by atoms with van der Waals surface area (Å²) in [5.74, 6) is 1.71. The predicted molar refractivity (Wildman–Crippen MR) is 90.8 cm³/mol. The van der Waals surface area contributed by atoms with Gasteiger partial charge in [-0.2, -0.15) is 0 Å². The first-order chi connectivity index (χ1) is 9.93. The van der Waals surface area contributed by atoms with E-state index >= 15 is 0 Å².